The molecular formula is C20H27N5O4S2. The molecule has 0 bridgehead atoms. The molecule has 0 unspecified atom stereocenters. The van der Waals surface area contributed by atoms with Crippen molar-refractivity contribution in [2.45, 2.75) is 63.8 Å². The molecule has 31 heavy (non-hydrogen) atoms. The summed E-state index contributed by atoms with van der Waals surface area (Å²) in [7, 11) is 0. The number of carbonyl (C=O) groups excluding carboxylic acids is 2. The summed E-state index contributed by atoms with van der Waals surface area (Å²) in [6, 6.07) is 0. The number of thiophene rings is 1. The summed E-state index contributed by atoms with van der Waals surface area (Å²) in [5.74, 6) is 0.155. The summed E-state index contributed by atoms with van der Waals surface area (Å²) in [6.45, 7) is 5.65. The minimum Gasteiger partial charge on any atom is -0.462 e. The lowest BCUT2D eigenvalue weighted by Gasteiger charge is -2.18. The normalized spacial score (nSPS) is 20.5. The monoisotopic (exact) mass is 465 g/mol. The largest absolute Gasteiger partial charge is 0.462 e. The van der Waals surface area contributed by atoms with Gasteiger partial charge in [-0.3, -0.25) is 4.79 Å². The number of amides is 1. The summed E-state index contributed by atoms with van der Waals surface area (Å²) >= 11 is 2.76. The van der Waals surface area contributed by atoms with Crippen molar-refractivity contribution in [3.63, 3.8) is 0 Å². The topological polar surface area (TPSA) is 108 Å². The third-order valence-electron chi connectivity index (χ3n) is 5.48. The van der Waals surface area contributed by atoms with Gasteiger partial charge in [-0.2, -0.15) is 0 Å². The number of anilines is 1. The second kappa shape index (κ2) is 10.1. The molecule has 2 aliphatic rings. The molecule has 0 saturated carbocycles. The maximum Gasteiger partial charge on any atom is 0.341 e. The predicted octanol–water partition coefficient (Wildman–Crippen LogP) is 2.95. The number of hydrogen-bond donors (Lipinski definition) is 1. The van der Waals surface area contributed by atoms with Gasteiger partial charge >= 0.3 is 5.97 Å². The van der Waals surface area contributed by atoms with Crippen molar-refractivity contribution in [3.05, 3.63) is 16.0 Å². The summed E-state index contributed by atoms with van der Waals surface area (Å²) in [5, 5.41) is 15.9. The zero-order valence-electron chi connectivity index (χ0n) is 17.8. The average molecular weight is 466 g/mol. The van der Waals surface area contributed by atoms with Crippen LogP contribution in [0.2, 0.25) is 0 Å². The molecule has 168 valence electrons. The van der Waals surface area contributed by atoms with Crippen molar-refractivity contribution in [2.75, 3.05) is 24.3 Å². The third kappa shape index (κ3) is 5.27. The molecule has 2 atom stereocenters. The molecule has 1 aliphatic heterocycles. The lowest BCUT2D eigenvalue weighted by molar-refractivity contribution is -0.113. The number of aromatic nitrogens is 4. The second-order valence-corrected chi connectivity index (χ2v) is 9.94. The maximum absolute atomic E-state index is 12.7. The van der Waals surface area contributed by atoms with E-state index in [-0.39, 0.29) is 23.7 Å². The van der Waals surface area contributed by atoms with Gasteiger partial charge in [-0.1, -0.05) is 18.7 Å². The van der Waals surface area contributed by atoms with Gasteiger partial charge in [0.05, 0.1) is 30.6 Å². The quantitative estimate of drug-likeness (QED) is 0.468. The Morgan fingerprint density at radius 2 is 2.26 bits per heavy atom. The van der Waals surface area contributed by atoms with E-state index < -0.39 is 0 Å². The molecule has 2 aromatic heterocycles. The minimum absolute atomic E-state index is 0.114. The number of nitrogens with zero attached hydrogens (tertiary/aromatic N) is 4. The van der Waals surface area contributed by atoms with Crippen LogP contribution in [0.5, 0.6) is 0 Å². The Balaban J connectivity index is 1.42. The van der Waals surface area contributed by atoms with Crippen LogP contribution in [0.1, 0.15) is 53.9 Å². The zero-order chi connectivity index (χ0) is 21.8. The average Bonchev–Trinajstić information content (AvgIpc) is 3.47. The predicted molar refractivity (Wildman–Crippen MR) is 118 cm³/mol. The third-order valence-corrected chi connectivity index (χ3v) is 7.60. The summed E-state index contributed by atoms with van der Waals surface area (Å²) < 4.78 is 12.6. The number of carbonyl (C=O) groups is 2. The van der Waals surface area contributed by atoms with Gasteiger partial charge in [-0.25, -0.2) is 9.48 Å². The number of nitrogens with one attached hydrogen (secondary N) is 1. The molecule has 1 aliphatic carbocycles. The Morgan fingerprint density at radius 1 is 1.39 bits per heavy atom. The zero-order valence-corrected chi connectivity index (χ0v) is 19.4. The Morgan fingerprint density at radius 3 is 3.03 bits per heavy atom. The highest BCUT2D eigenvalue weighted by Crippen LogP contribution is 2.40. The van der Waals surface area contributed by atoms with Crippen LogP contribution in [-0.2, 0) is 33.7 Å². The van der Waals surface area contributed by atoms with E-state index in [1.54, 1.807) is 11.6 Å². The second-order valence-electron chi connectivity index (χ2n) is 7.89. The molecule has 9 nitrogen and oxygen atoms in total. The van der Waals surface area contributed by atoms with E-state index in [4.69, 9.17) is 9.47 Å². The lowest BCUT2D eigenvalue weighted by atomic mass is 9.88. The minimum atomic E-state index is -0.363. The first-order valence-corrected chi connectivity index (χ1v) is 12.5. The van der Waals surface area contributed by atoms with E-state index in [1.165, 1.54) is 28.0 Å². The fourth-order valence-electron chi connectivity index (χ4n) is 3.95. The van der Waals surface area contributed by atoms with Crippen LogP contribution in [0.3, 0.4) is 0 Å². The first-order chi connectivity index (χ1) is 15.0. The van der Waals surface area contributed by atoms with Crippen LogP contribution in [0.25, 0.3) is 0 Å². The first kappa shape index (κ1) is 22.2. The number of tetrazole rings is 1. The van der Waals surface area contributed by atoms with Gasteiger partial charge in [0.1, 0.15) is 5.00 Å². The number of hydrogen-bond acceptors (Lipinski definition) is 9. The van der Waals surface area contributed by atoms with Gasteiger partial charge in [-0.05, 0) is 60.9 Å². The fourth-order valence-corrected chi connectivity index (χ4v) is 6.05. The van der Waals surface area contributed by atoms with Gasteiger partial charge in [0.25, 0.3) is 0 Å². The Labute approximate surface area is 189 Å². The van der Waals surface area contributed by atoms with E-state index in [0.29, 0.717) is 34.8 Å². The van der Waals surface area contributed by atoms with Crippen LogP contribution in [0.15, 0.2) is 5.16 Å². The molecule has 0 radical (unpaired) electrons. The summed E-state index contributed by atoms with van der Waals surface area (Å²) in [4.78, 5) is 26.5. The standard InChI is InChI=1S/C20H27N5O4S2/c1-3-28-19(27)17-14-7-6-12(2)9-15(14)31-18(17)21-16(26)11-30-20-22-23-24-25(20)10-13-5-4-8-29-13/h12-13H,3-11H2,1-2H3,(H,21,26)/t12-,13-/m1/s1. The number of thioether (sulfide) groups is 1. The van der Waals surface area contributed by atoms with Gasteiger partial charge in [0, 0.05) is 11.5 Å². The number of fused-ring (bicyclic) bond motifs is 1. The van der Waals surface area contributed by atoms with E-state index in [0.717, 1.165) is 44.3 Å². The van der Waals surface area contributed by atoms with Crippen molar-refractivity contribution in [1.29, 1.82) is 0 Å². The molecule has 2 aromatic rings. The smallest absolute Gasteiger partial charge is 0.341 e. The van der Waals surface area contributed by atoms with Crippen LogP contribution >= 0.6 is 23.1 Å². The highest BCUT2D eigenvalue weighted by atomic mass is 32.2. The van der Waals surface area contributed by atoms with Crippen LogP contribution in [0.4, 0.5) is 5.00 Å². The van der Waals surface area contributed by atoms with E-state index in [2.05, 4.69) is 27.8 Å². The van der Waals surface area contributed by atoms with Crippen LogP contribution in [-0.4, -0.2) is 57.2 Å². The van der Waals surface area contributed by atoms with E-state index in [1.807, 2.05) is 0 Å². The van der Waals surface area contributed by atoms with E-state index >= 15 is 0 Å². The highest BCUT2D eigenvalue weighted by Gasteiger charge is 2.29. The van der Waals surface area contributed by atoms with Crippen LogP contribution < -0.4 is 5.32 Å². The molecule has 0 aromatic carbocycles. The number of rotatable bonds is 8. The summed E-state index contributed by atoms with van der Waals surface area (Å²) in [6.07, 6.45) is 4.95. The SMILES string of the molecule is CCOC(=O)c1c(NC(=O)CSc2nnnn2C[C@H]2CCCO2)sc2c1CC[C@@H](C)C2. The van der Waals surface area contributed by atoms with Gasteiger partial charge in [0.15, 0.2) is 0 Å². The molecule has 1 fully saturated rings. The lowest BCUT2D eigenvalue weighted by Crippen LogP contribution is -2.19. The van der Waals surface area contributed by atoms with Crippen molar-refractivity contribution in [3.8, 4) is 0 Å². The van der Waals surface area contributed by atoms with Gasteiger partial charge < -0.3 is 14.8 Å². The summed E-state index contributed by atoms with van der Waals surface area (Å²) in [5.41, 5.74) is 1.56. The van der Waals surface area contributed by atoms with Crippen molar-refractivity contribution < 1.29 is 19.1 Å². The number of esters is 1. The molecular weight excluding hydrogens is 438 g/mol. The molecule has 1 saturated heterocycles. The van der Waals surface area contributed by atoms with Crippen molar-refractivity contribution >= 4 is 40.0 Å². The Kier molecular flexibility index (Phi) is 7.24. The van der Waals surface area contributed by atoms with Crippen molar-refractivity contribution in [2.24, 2.45) is 5.92 Å². The van der Waals surface area contributed by atoms with Crippen molar-refractivity contribution in [1.82, 2.24) is 20.2 Å². The highest BCUT2D eigenvalue weighted by molar-refractivity contribution is 7.99. The van der Waals surface area contributed by atoms with Crippen LogP contribution in [0, 0.1) is 5.92 Å². The molecule has 11 heteroatoms. The molecule has 0 spiro atoms. The molecule has 3 heterocycles. The molecule has 1 N–H and O–H groups in total. The Bertz CT molecular complexity index is 938. The first-order valence-electron chi connectivity index (χ1n) is 10.7. The fraction of sp³-hybridized carbons (Fsp3) is 0.650. The Hall–Kier alpha value is -1.98. The number of ether oxygens (including phenoxy) is 2. The van der Waals surface area contributed by atoms with Gasteiger partial charge in [0.2, 0.25) is 11.1 Å². The maximum atomic E-state index is 12.7. The van der Waals surface area contributed by atoms with E-state index in [9.17, 15) is 9.59 Å². The molecule has 4 rings (SSSR count). The van der Waals surface area contributed by atoms with Gasteiger partial charge in [-0.15, -0.1) is 16.4 Å². The molecule has 1 amide bonds.